The summed E-state index contributed by atoms with van der Waals surface area (Å²) >= 11 is 0. The highest BCUT2D eigenvalue weighted by Crippen LogP contribution is 2.28. The number of piperidine rings is 1. The lowest BCUT2D eigenvalue weighted by atomic mass is 9.91. The fraction of sp³-hybridized carbons (Fsp3) is 0.444. The summed E-state index contributed by atoms with van der Waals surface area (Å²) in [4.78, 5) is 17.6. The van der Waals surface area contributed by atoms with Gasteiger partial charge in [0.1, 0.15) is 23.4 Å². The zero-order valence-corrected chi connectivity index (χ0v) is 15.5. The summed E-state index contributed by atoms with van der Waals surface area (Å²) in [5.41, 5.74) is 4.78. The van der Waals surface area contributed by atoms with Gasteiger partial charge < -0.3 is 16.0 Å². The van der Waals surface area contributed by atoms with Gasteiger partial charge in [-0.2, -0.15) is 5.26 Å². The number of nitrogens with zero attached hydrogens (tertiary/aromatic N) is 4. The van der Waals surface area contributed by atoms with E-state index in [9.17, 15) is 0 Å². The molecule has 4 N–H and O–H groups in total. The van der Waals surface area contributed by atoms with Crippen molar-refractivity contribution in [2.45, 2.75) is 25.8 Å². The van der Waals surface area contributed by atoms with Crippen molar-refractivity contribution in [2.75, 3.05) is 36.3 Å². The highest BCUT2D eigenvalue weighted by atomic mass is 16.6. The van der Waals surface area contributed by atoms with E-state index in [0.717, 1.165) is 37.3 Å². The van der Waals surface area contributed by atoms with Crippen LogP contribution in [0.5, 0.6) is 0 Å². The molecule has 1 aliphatic rings. The molecule has 0 saturated carbocycles. The third-order valence-corrected chi connectivity index (χ3v) is 4.61. The van der Waals surface area contributed by atoms with E-state index < -0.39 is 0 Å². The molecule has 1 saturated heterocycles. The number of nitrogens with one attached hydrogen (secondary N) is 4. The van der Waals surface area contributed by atoms with Crippen LogP contribution in [0, 0.1) is 17.2 Å². The van der Waals surface area contributed by atoms with Crippen LogP contribution in [-0.4, -0.2) is 41.2 Å². The van der Waals surface area contributed by atoms with E-state index in [1.54, 1.807) is 13.3 Å². The Morgan fingerprint density at radius 3 is 2.59 bits per heavy atom. The van der Waals surface area contributed by atoms with Crippen LogP contribution in [-0.2, 0) is 4.84 Å². The number of nitriles is 1. The first-order chi connectivity index (χ1) is 13.2. The molecule has 1 unspecified atom stereocenters. The van der Waals surface area contributed by atoms with Crippen molar-refractivity contribution in [1.29, 1.82) is 5.26 Å². The number of pyridine rings is 1. The molecular weight excluding hydrogens is 344 g/mol. The molecule has 3 rings (SSSR count). The summed E-state index contributed by atoms with van der Waals surface area (Å²) in [6, 6.07) is 4.16. The minimum Gasteiger partial charge on any atom is -0.380 e. The second kappa shape index (κ2) is 9.12. The summed E-state index contributed by atoms with van der Waals surface area (Å²) in [6.07, 6.45) is 6.92. The Morgan fingerprint density at radius 1 is 1.15 bits per heavy atom. The average molecular weight is 368 g/mol. The summed E-state index contributed by atoms with van der Waals surface area (Å²) in [7, 11) is 1.57. The molecule has 9 nitrogen and oxygen atoms in total. The summed E-state index contributed by atoms with van der Waals surface area (Å²) in [6.45, 7) is 4.31. The Hall–Kier alpha value is -2.96. The highest BCUT2D eigenvalue weighted by Gasteiger charge is 2.20. The van der Waals surface area contributed by atoms with Gasteiger partial charge in [-0.05, 0) is 38.8 Å². The fourth-order valence-corrected chi connectivity index (χ4v) is 3.12. The smallest absolute Gasteiger partial charge is 0.158 e. The molecule has 2 aromatic heterocycles. The minimum atomic E-state index is 0.270. The van der Waals surface area contributed by atoms with Gasteiger partial charge in [-0.25, -0.2) is 15.0 Å². The van der Waals surface area contributed by atoms with Crippen molar-refractivity contribution in [1.82, 2.24) is 20.3 Å². The minimum absolute atomic E-state index is 0.270. The van der Waals surface area contributed by atoms with Crippen LogP contribution in [0.3, 0.4) is 0 Å². The van der Waals surface area contributed by atoms with Gasteiger partial charge in [0.15, 0.2) is 5.69 Å². The van der Waals surface area contributed by atoms with E-state index in [1.165, 1.54) is 12.4 Å². The number of aromatic nitrogens is 3. The zero-order chi connectivity index (χ0) is 19.1. The molecule has 1 fully saturated rings. The molecule has 0 bridgehead atoms. The Balaban J connectivity index is 1.75. The van der Waals surface area contributed by atoms with E-state index in [0.29, 0.717) is 23.6 Å². The van der Waals surface area contributed by atoms with Gasteiger partial charge in [0.05, 0.1) is 31.4 Å². The molecular formula is C18H24N8O. The Labute approximate surface area is 158 Å². The summed E-state index contributed by atoms with van der Waals surface area (Å²) in [5, 5.41) is 18.9. The molecule has 2 aromatic rings. The first kappa shape index (κ1) is 18.8. The molecule has 27 heavy (non-hydrogen) atoms. The van der Waals surface area contributed by atoms with E-state index in [-0.39, 0.29) is 5.69 Å². The molecule has 0 spiro atoms. The van der Waals surface area contributed by atoms with Gasteiger partial charge in [0.2, 0.25) is 0 Å². The normalized spacial score (nSPS) is 15.6. The van der Waals surface area contributed by atoms with Crippen molar-refractivity contribution >= 4 is 23.0 Å². The molecule has 0 aromatic carbocycles. The number of hydrogen-bond donors (Lipinski definition) is 4. The summed E-state index contributed by atoms with van der Waals surface area (Å²) in [5.74, 6) is 1.75. The monoisotopic (exact) mass is 368 g/mol. The van der Waals surface area contributed by atoms with E-state index in [2.05, 4.69) is 43.3 Å². The molecule has 0 amide bonds. The van der Waals surface area contributed by atoms with Crippen LogP contribution in [0.2, 0.25) is 0 Å². The first-order valence-corrected chi connectivity index (χ1v) is 8.95. The van der Waals surface area contributed by atoms with Crippen LogP contribution < -0.4 is 21.4 Å². The third-order valence-electron chi connectivity index (χ3n) is 4.61. The Bertz CT molecular complexity index is 783. The van der Waals surface area contributed by atoms with Crippen LogP contribution in [0.1, 0.15) is 25.5 Å². The molecule has 0 radical (unpaired) electrons. The van der Waals surface area contributed by atoms with Crippen LogP contribution in [0.15, 0.2) is 24.7 Å². The van der Waals surface area contributed by atoms with E-state index in [4.69, 9.17) is 10.1 Å². The topological polar surface area (TPSA) is 120 Å². The molecule has 1 aliphatic heterocycles. The molecule has 1 atom stereocenters. The molecule has 142 valence electrons. The van der Waals surface area contributed by atoms with Gasteiger partial charge in [-0.15, -0.1) is 0 Å². The first-order valence-electron chi connectivity index (χ1n) is 8.95. The van der Waals surface area contributed by atoms with Crippen LogP contribution in [0.4, 0.5) is 23.0 Å². The van der Waals surface area contributed by atoms with Gasteiger partial charge in [-0.3, -0.25) is 10.3 Å². The maximum atomic E-state index is 8.81. The second-order valence-electron chi connectivity index (χ2n) is 6.47. The predicted octanol–water partition coefficient (Wildman–Crippen LogP) is 2.26. The van der Waals surface area contributed by atoms with Gasteiger partial charge in [0, 0.05) is 12.1 Å². The molecule has 0 aliphatic carbocycles. The van der Waals surface area contributed by atoms with Crippen LogP contribution >= 0.6 is 0 Å². The SMILES string of the molecule is CONc1cnc(Nc2cnc(C#N)cn2)cc1NC(C)C1CCNCC1. The van der Waals surface area contributed by atoms with E-state index in [1.807, 2.05) is 12.1 Å². The average Bonchev–Trinajstić information content (AvgIpc) is 2.71. The standard InChI is InChI=1S/C18H24N8O/c1-12(13-3-5-20-6-4-13)24-15-7-17(23-10-16(15)26-27-2)25-18-11-21-14(8-19)9-22-18/h7,9-13,20,26H,3-6H2,1-2H3,(H2,22,23,24,25). The van der Waals surface area contributed by atoms with Crippen molar-refractivity contribution in [3.05, 3.63) is 30.4 Å². The number of hydrogen-bond acceptors (Lipinski definition) is 9. The number of anilines is 4. The largest absolute Gasteiger partial charge is 0.380 e. The van der Waals surface area contributed by atoms with Crippen molar-refractivity contribution in [3.63, 3.8) is 0 Å². The van der Waals surface area contributed by atoms with Gasteiger partial charge in [-0.1, -0.05) is 0 Å². The Kier molecular flexibility index (Phi) is 6.35. The maximum absolute atomic E-state index is 8.81. The molecule has 3 heterocycles. The third kappa shape index (κ3) is 5.03. The van der Waals surface area contributed by atoms with Crippen molar-refractivity contribution in [2.24, 2.45) is 5.92 Å². The second-order valence-corrected chi connectivity index (χ2v) is 6.47. The quantitative estimate of drug-likeness (QED) is 0.545. The molecule has 9 heteroatoms. The maximum Gasteiger partial charge on any atom is 0.158 e. The fourth-order valence-electron chi connectivity index (χ4n) is 3.12. The lowest BCUT2D eigenvalue weighted by Crippen LogP contribution is -2.36. The van der Waals surface area contributed by atoms with E-state index >= 15 is 0 Å². The lowest BCUT2D eigenvalue weighted by molar-refractivity contribution is 0.271. The lowest BCUT2D eigenvalue weighted by Gasteiger charge is -2.30. The predicted molar refractivity (Wildman–Crippen MR) is 104 cm³/mol. The summed E-state index contributed by atoms with van der Waals surface area (Å²) < 4.78 is 0. The van der Waals surface area contributed by atoms with Gasteiger partial charge in [0.25, 0.3) is 0 Å². The van der Waals surface area contributed by atoms with Crippen molar-refractivity contribution in [3.8, 4) is 6.07 Å². The highest BCUT2D eigenvalue weighted by molar-refractivity contribution is 5.72. The van der Waals surface area contributed by atoms with Crippen LogP contribution in [0.25, 0.3) is 0 Å². The van der Waals surface area contributed by atoms with Crippen molar-refractivity contribution < 1.29 is 4.84 Å². The van der Waals surface area contributed by atoms with Gasteiger partial charge >= 0.3 is 0 Å². The zero-order valence-electron chi connectivity index (χ0n) is 15.5. The number of rotatable bonds is 7. The Morgan fingerprint density at radius 2 is 1.93 bits per heavy atom.